The summed E-state index contributed by atoms with van der Waals surface area (Å²) in [4.78, 5) is 12.2. The Hall–Kier alpha value is -2.68. The van der Waals surface area contributed by atoms with Gasteiger partial charge in [0, 0.05) is 12.8 Å². The number of anilines is 1. The van der Waals surface area contributed by atoms with Crippen LogP contribution in [0.4, 0.5) is 19.3 Å². The lowest BCUT2D eigenvalue weighted by Crippen LogP contribution is -2.31. The number of rotatable bonds is 7. The number of nitrogens with zero attached hydrogens (tertiary/aromatic N) is 2. The van der Waals surface area contributed by atoms with Gasteiger partial charge in [-0.2, -0.15) is 13.9 Å². The third-order valence-electron chi connectivity index (χ3n) is 4.24. The molecule has 1 aromatic carbocycles. The number of aromatic nitrogens is 2. The molecular weight excluding hydrogens is 358 g/mol. The maximum absolute atomic E-state index is 12.3. The van der Waals surface area contributed by atoms with E-state index < -0.39 is 18.7 Å². The largest absolute Gasteiger partial charge is 0.435 e. The molecule has 2 atom stereocenters. The van der Waals surface area contributed by atoms with Crippen molar-refractivity contribution in [3.8, 4) is 5.75 Å². The van der Waals surface area contributed by atoms with E-state index in [1.54, 1.807) is 36.1 Å². The zero-order valence-electron chi connectivity index (χ0n) is 14.9. The Morgan fingerprint density at radius 1 is 1.48 bits per heavy atom. The molecule has 27 heavy (non-hydrogen) atoms. The molecule has 0 spiro atoms. The first-order chi connectivity index (χ1) is 13.0. The third kappa shape index (κ3) is 5.65. The Morgan fingerprint density at radius 2 is 2.33 bits per heavy atom. The second-order valence-electron chi connectivity index (χ2n) is 6.36. The molecule has 2 N–H and O–H groups in total. The Kier molecular flexibility index (Phi) is 6.23. The fourth-order valence-corrected chi connectivity index (χ4v) is 2.93. The van der Waals surface area contributed by atoms with Crippen LogP contribution in [0.3, 0.4) is 0 Å². The maximum atomic E-state index is 12.3. The number of urea groups is 1. The van der Waals surface area contributed by atoms with Crippen LogP contribution in [0.5, 0.6) is 5.75 Å². The smallest absolute Gasteiger partial charge is 0.387 e. The first-order valence-corrected chi connectivity index (χ1v) is 8.76. The number of carbonyl (C=O) groups excluding carboxylic acids is 1. The number of ether oxygens (including phenoxy) is 2. The number of halogens is 2. The van der Waals surface area contributed by atoms with Crippen molar-refractivity contribution in [2.75, 3.05) is 11.9 Å². The average molecular weight is 380 g/mol. The highest BCUT2D eigenvalue weighted by Gasteiger charge is 2.17. The molecule has 1 aliphatic heterocycles. The van der Waals surface area contributed by atoms with E-state index in [-0.39, 0.29) is 11.9 Å². The Morgan fingerprint density at radius 3 is 3.07 bits per heavy atom. The number of carbonyl (C=O) groups is 1. The molecule has 0 radical (unpaired) electrons. The summed E-state index contributed by atoms with van der Waals surface area (Å²) in [6.07, 6.45) is 5.53. The van der Waals surface area contributed by atoms with Crippen LogP contribution < -0.4 is 15.4 Å². The lowest BCUT2D eigenvalue weighted by atomic mass is 10.1. The first-order valence-electron chi connectivity index (χ1n) is 8.76. The number of alkyl halides is 2. The Balaban J connectivity index is 1.52. The van der Waals surface area contributed by atoms with Gasteiger partial charge in [0.1, 0.15) is 5.75 Å². The SMILES string of the molecule is CC(NC(=O)Nc1cnn(CC2CCCO2)c1)c1cccc(OC(F)F)c1. The van der Waals surface area contributed by atoms with Gasteiger partial charge in [0.05, 0.1) is 30.6 Å². The molecule has 1 aromatic heterocycles. The van der Waals surface area contributed by atoms with E-state index in [4.69, 9.17) is 4.74 Å². The summed E-state index contributed by atoms with van der Waals surface area (Å²) < 4.78 is 36.3. The van der Waals surface area contributed by atoms with Crippen molar-refractivity contribution in [2.45, 2.75) is 45.1 Å². The van der Waals surface area contributed by atoms with E-state index >= 15 is 0 Å². The van der Waals surface area contributed by atoms with E-state index in [1.807, 2.05) is 0 Å². The van der Waals surface area contributed by atoms with Gasteiger partial charge in [0.25, 0.3) is 0 Å². The van der Waals surface area contributed by atoms with Gasteiger partial charge in [-0.25, -0.2) is 4.79 Å². The van der Waals surface area contributed by atoms with Crippen molar-refractivity contribution in [2.24, 2.45) is 0 Å². The van der Waals surface area contributed by atoms with Crippen molar-refractivity contribution in [1.82, 2.24) is 15.1 Å². The van der Waals surface area contributed by atoms with Gasteiger partial charge in [0.2, 0.25) is 0 Å². The minimum atomic E-state index is -2.89. The van der Waals surface area contributed by atoms with Crippen molar-refractivity contribution in [3.05, 3.63) is 42.2 Å². The van der Waals surface area contributed by atoms with Crippen LogP contribution in [-0.4, -0.2) is 35.1 Å². The predicted octanol–water partition coefficient (Wildman–Crippen LogP) is 3.55. The number of benzene rings is 1. The highest BCUT2D eigenvalue weighted by atomic mass is 19.3. The molecule has 0 saturated carbocycles. The van der Waals surface area contributed by atoms with Crippen LogP contribution in [0, 0.1) is 0 Å². The van der Waals surface area contributed by atoms with Crippen LogP contribution in [0.15, 0.2) is 36.7 Å². The van der Waals surface area contributed by atoms with Gasteiger partial charge in [-0.05, 0) is 37.5 Å². The number of hydrogen-bond acceptors (Lipinski definition) is 4. The predicted molar refractivity (Wildman–Crippen MR) is 94.8 cm³/mol. The normalized spacial score (nSPS) is 17.7. The monoisotopic (exact) mass is 380 g/mol. The molecule has 1 aliphatic rings. The third-order valence-corrected chi connectivity index (χ3v) is 4.24. The van der Waals surface area contributed by atoms with Crippen molar-refractivity contribution < 1.29 is 23.0 Å². The lowest BCUT2D eigenvalue weighted by Gasteiger charge is -2.15. The molecule has 9 heteroatoms. The quantitative estimate of drug-likeness (QED) is 0.770. The van der Waals surface area contributed by atoms with Crippen LogP contribution >= 0.6 is 0 Å². The molecule has 1 saturated heterocycles. The number of amides is 2. The van der Waals surface area contributed by atoms with E-state index in [0.29, 0.717) is 17.8 Å². The molecule has 146 valence electrons. The minimum absolute atomic E-state index is 0.0481. The molecule has 1 fully saturated rings. The van der Waals surface area contributed by atoms with Crippen LogP contribution in [0.2, 0.25) is 0 Å². The lowest BCUT2D eigenvalue weighted by molar-refractivity contribution is -0.0499. The van der Waals surface area contributed by atoms with Gasteiger partial charge in [-0.15, -0.1) is 0 Å². The van der Waals surface area contributed by atoms with Crippen molar-refractivity contribution in [3.63, 3.8) is 0 Å². The fourth-order valence-electron chi connectivity index (χ4n) is 2.93. The molecule has 7 nitrogen and oxygen atoms in total. The summed E-state index contributed by atoms with van der Waals surface area (Å²) in [6, 6.07) is 5.41. The van der Waals surface area contributed by atoms with Gasteiger partial charge >= 0.3 is 12.6 Å². The van der Waals surface area contributed by atoms with Crippen molar-refractivity contribution in [1.29, 1.82) is 0 Å². The minimum Gasteiger partial charge on any atom is -0.435 e. The highest BCUT2D eigenvalue weighted by molar-refractivity contribution is 5.89. The second-order valence-corrected chi connectivity index (χ2v) is 6.36. The number of hydrogen-bond donors (Lipinski definition) is 2. The fraction of sp³-hybridized carbons (Fsp3) is 0.444. The van der Waals surface area contributed by atoms with Gasteiger partial charge in [0.15, 0.2) is 0 Å². The van der Waals surface area contributed by atoms with E-state index in [1.165, 1.54) is 12.1 Å². The van der Waals surface area contributed by atoms with Crippen molar-refractivity contribution >= 4 is 11.7 Å². The molecule has 3 rings (SSSR count). The zero-order valence-corrected chi connectivity index (χ0v) is 14.9. The van der Waals surface area contributed by atoms with Crippen LogP contribution in [0.1, 0.15) is 31.4 Å². The van der Waals surface area contributed by atoms with E-state index in [0.717, 1.165) is 19.4 Å². The average Bonchev–Trinajstić information content (AvgIpc) is 3.27. The summed E-state index contributed by atoms with van der Waals surface area (Å²) >= 11 is 0. The van der Waals surface area contributed by atoms with E-state index in [2.05, 4.69) is 20.5 Å². The Bertz CT molecular complexity index is 763. The van der Waals surface area contributed by atoms with Gasteiger partial charge in [-0.1, -0.05) is 12.1 Å². The molecule has 2 amide bonds. The van der Waals surface area contributed by atoms with Gasteiger partial charge < -0.3 is 20.1 Å². The zero-order chi connectivity index (χ0) is 19.2. The second kappa shape index (κ2) is 8.81. The molecule has 0 aliphatic carbocycles. The molecule has 0 bridgehead atoms. The van der Waals surface area contributed by atoms with E-state index in [9.17, 15) is 13.6 Å². The topological polar surface area (TPSA) is 77.4 Å². The summed E-state index contributed by atoms with van der Waals surface area (Å²) in [5, 5.41) is 9.68. The maximum Gasteiger partial charge on any atom is 0.387 e. The summed E-state index contributed by atoms with van der Waals surface area (Å²) in [7, 11) is 0. The first kappa shape index (κ1) is 19.1. The molecular formula is C18H22F2N4O3. The highest BCUT2D eigenvalue weighted by Crippen LogP contribution is 2.21. The summed E-state index contributed by atoms with van der Waals surface area (Å²) in [5.41, 5.74) is 1.21. The van der Waals surface area contributed by atoms with Crippen LogP contribution in [-0.2, 0) is 11.3 Å². The van der Waals surface area contributed by atoms with Gasteiger partial charge in [-0.3, -0.25) is 4.68 Å². The van der Waals surface area contributed by atoms with Crippen LogP contribution in [0.25, 0.3) is 0 Å². The molecule has 2 unspecified atom stereocenters. The standard InChI is InChI=1S/C18H22F2N4O3/c1-12(13-4-2-5-15(8-13)27-17(19)20)22-18(25)23-14-9-21-24(10-14)11-16-6-3-7-26-16/h2,4-5,8-10,12,16-17H,3,6-7,11H2,1H3,(H2,22,23,25). The summed E-state index contributed by atoms with van der Waals surface area (Å²) in [5.74, 6) is 0.0481. The molecule has 2 heterocycles. The Labute approximate surface area is 155 Å². The number of nitrogens with one attached hydrogen (secondary N) is 2. The summed E-state index contributed by atoms with van der Waals surface area (Å²) in [6.45, 7) is 0.289. The molecule has 2 aromatic rings.